The zero-order valence-corrected chi connectivity index (χ0v) is 11.4. The van der Waals surface area contributed by atoms with E-state index in [9.17, 15) is 0 Å². The van der Waals surface area contributed by atoms with Crippen molar-refractivity contribution >= 4 is 50.9 Å². The number of hydrogen-bond donors (Lipinski definition) is 1. The molecule has 0 spiro atoms. The van der Waals surface area contributed by atoms with Gasteiger partial charge in [-0.2, -0.15) is 0 Å². The molecule has 0 saturated carbocycles. The minimum Gasteiger partial charge on any atom is -0.491 e. The molecule has 0 bridgehead atoms. The molecule has 0 heterocycles. The molecule has 0 amide bonds. The van der Waals surface area contributed by atoms with E-state index in [4.69, 9.17) is 10.5 Å². The largest absolute Gasteiger partial charge is 0.491 e. The Labute approximate surface area is 106 Å². The predicted octanol–water partition coefficient (Wildman–Crippen LogP) is 2.81. The summed E-state index contributed by atoms with van der Waals surface area (Å²) in [4.78, 5) is 0. The Morgan fingerprint density at radius 2 is 2.15 bits per heavy atom. The number of halogens is 3. The van der Waals surface area contributed by atoms with E-state index in [2.05, 4.69) is 38.5 Å². The summed E-state index contributed by atoms with van der Waals surface area (Å²) in [6, 6.07) is 5.95. The molecule has 1 rings (SSSR count). The second-order valence-electron chi connectivity index (χ2n) is 2.21. The van der Waals surface area contributed by atoms with Crippen LogP contribution in [0.25, 0.3) is 0 Å². The van der Waals surface area contributed by atoms with Crippen molar-refractivity contribution in [3.63, 3.8) is 0 Å². The summed E-state index contributed by atoms with van der Waals surface area (Å²) in [7, 11) is 0. The van der Waals surface area contributed by atoms with Gasteiger partial charge in [-0.3, -0.25) is 0 Å². The molecule has 1 aromatic rings. The second-order valence-corrected chi connectivity index (χ2v) is 4.31. The van der Waals surface area contributed by atoms with Gasteiger partial charge in [-0.05, 0) is 56.7 Å². The summed E-state index contributed by atoms with van der Waals surface area (Å²) in [6.45, 7) is 1.09. The number of nitrogens with two attached hydrogens (primary N) is 1. The summed E-state index contributed by atoms with van der Waals surface area (Å²) >= 11 is 5.63. The van der Waals surface area contributed by atoms with Gasteiger partial charge in [0.15, 0.2) is 0 Å². The maximum absolute atomic E-state index is 5.39. The average Bonchev–Trinajstić information content (AvgIpc) is 2.07. The first kappa shape index (κ1) is 13.5. The van der Waals surface area contributed by atoms with Crippen LogP contribution in [0.3, 0.4) is 0 Å². The minimum absolute atomic E-state index is 0. The van der Waals surface area contributed by atoms with Crippen LogP contribution in [0, 0.1) is 3.57 Å². The standard InChI is InChI=1S/C8H9BrINO.ClH/c9-7-2-1-6(10)5-8(7)12-4-3-11;/h1-2,5H,3-4,11H2;1H. The molecule has 0 saturated heterocycles. The highest BCUT2D eigenvalue weighted by Gasteiger charge is 2.00. The van der Waals surface area contributed by atoms with E-state index < -0.39 is 0 Å². The topological polar surface area (TPSA) is 35.2 Å². The summed E-state index contributed by atoms with van der Waals surface area (Å²) in [5.74, 6) is 0.854. The first-order chi connectivity index (χ1) is 5.74. The van der Waals surface area contributed by atoms with Crippen molar-refractivity contribution in [2.24, 2.45) is 5.73 Å². The highest BCUT2D eigenvalue weighted by molar-refractivity contribution is 14.1. The molecule has 0 atom stereocenters. The molecule has 5 heteroatoms. The molecule has 0 radical (unpaired) electrons. The fraction of sp³-hybridized carbons (Fsp3) is 0.250. The molecule has 2 nitrogen and oxygen atoms in total. The molecule has 0 aliphatic heterocycles. The van der Waals surface area contributed by atoms with Crippen LogP contribution >= 0.6 is 50.9 Å². The van der Waals surface area contributed by atoms with Gasteiger partial charge in [-0.15, -0.1) is 12.4 Å². The van der Waals surface area contributed by atoms with Crippen molar-refractivity contribution in [2.45, 2.75) is 0 Å². The number of benzene rings is 1. The van der Waals surface area contributed by atoms with Crippen molar-refractivity contribution in [3.8, 4) is 5.75 Å². The van der Waals surface area contributed by atoms with E-state index in [1.54, 1.807) is 0 Å². The average molecular weight is 378 g/mol. The predicted molar refractivity (Wildman–Crippen MR) is 68.7 cm³/mol. The Bertz CT molecular complexity index is 272. The lowest BCUT2D eigenvalue weighted by molar-refractivity contribution is 0.326. The molecular formula is C8H10BrClINO. The fourth-order valence-corrected chi connectivity index (χ4v) is 1.58. The molecule has 74 valence electrons. The monoisotopic (exact) mass is 377 g/mol. The van der Waals surface area contributed by atoms with E-state index in [1.165, 1.54) is 0 Å². The highest BCUT2D eigenvalue weighted by atomic mass is 127. The van der Waals surface area contributed by atoms with Crippen LogP contribution in [0.1, 0.15) is 0 Å². The van der Waals surface area contributed by atoms with Crippen LogP contribution in [-0.2, 0) is 0 Å². The van der Waals surface area contributed by atoms with Crippen LogP contribution in [0.4, 0.5) is 0 Å². The van der Waals surface area contributed by atoms with Gasteiger partial charge < -0.3 is 10.5 Å². The van der Waals surface area contributed by atoms with E-state index in [0.717, 1.165) is 13.8 Å². The second kappa shape index (κ2) is 6.86. The lowest BCUT2D eigenvalue weighted by Crippen LogP contribution is -2.10. The summed E-state index contributed by atoms with van der Waals surface area (Å²) in [5.41, 5.74) is 5.32. The maximum atomic E-state index is 5.39. The first-order valence-corrected chi connectivity index (χ1v) is 5.39. The molecule has 0 aliphatic carbocycles. The van der Waals surface area contributed by atoms with Gasteiger partial charge in [-0.1, -0.05) is 0 Å². The quantitative estimate of drug-likeness (QED) is 0.821. The zero-order valence-electron chi connectivity index (χ0n) is 6.80. The van der Waals surface area contributed by atoms with Crippen molar-refractivity contribution in [3.05, 3.63) is 26.2 Å². The van der Waals surface area contributed by atoms with Gasteiger partial charge in [0.1, 0.15) is 12.4 Å². The number of rotatable bonds is 3. The molecule has 0 aromatic heterocycles. The normalized spacial score (nSPS) is 9.15. The third kappa shape index (κ3) is 4.49. The van der Waals surface area contributed by atoms with Crippen molar-refractivity contribution in [1.29, 1.82) is 0 Å². The highest BCUT2D eigenvalue weighted by Crippen LogP contribution is 2.26. The van der Waals surface area contributed by atoms with E-state index in [1.807, 2.05) is 18.2 Å². The lowest BCUT2D eigenvalue weighted by Gasteiger charge is -2.06. The SMILES string of the molecule is Cl.NCCOc1cc(I)ccc1Br. The first-order valence-electron chi connectivity index (χ1n) is 3.52. The fourth-order valence-electron chi connectivity index (χ4n) is 0.757. The Kier molecular flexibility index (Phi) is 7.12. The molecule has 2 N–H and O–H groups in total. The van der Waals surface area contributed by atoms with E-state index in [-0.39, 0.29) is 12.4 Å². The van der Waals surface area contributed by atoms with Gasteiger partial charge in [0, 0.05) is 10.1 Å². The van der Waals surface area contributed by atoms with Crippen LogP contribution in [0.2, 0.25) is 0 Å². The van der Waals surface area contributed by atoms with E-state index in [0.29, 0.717) is 13.2 Å². The molecule has 0 unspecified atom stereocenters. The van der Waals surface area contributed by atoms with Crippen molar-refractivity contribution < 1.29 is 4.74 Å². The minimum atomic E-state index is 0. The lowest BCUT2D eigenvalue weighted by atomic mass is 10.3. The molecule has 0 fully saturated rings. The maximum Gasteiger partial charge on any atom is 0.134 e. The van der Waals surface area contributed by atoms with Gasteiger partial charge in [0.05, 0.1) is 4.47 Å². The van der Waals surface area contributed by atoms with Gasteiger partial charge in [-0.25, -0.2) is 0 Å². The Morgan fingerprint density at radius 1 is 1.46 bits per heavy atom. The third-order valence-electron chi connectivity index (χ3n) is 1.27. The molecular weight excluding hydrogens is 368 g/mol. The van der Waals surface area contributed by atoms with Crippen LogP contribution < -0.4 is 10.5 Å². The smallest absolute Gasteiger partial charge is 0.134 e. The van der Waals surface area contributed by atoms with Crippen molar-refractivity contribution in [1.82, 2.24) is 0 Å². The molecule has 1 aromatic carbocycles. The Morgan fingerprint density at radius 3 is 2.77 bits per heavy atom. The Hall–Kier alpha value is 0.480. The van der Waals surface area contributed by atoms with Crippen LogP contribution in [0.15, 0.2) is 22.7 Å². The summed E-state index contributed by atoms with van der Waals surface area (Å²) < 4.78 is 7.51. The third-order valence-corrected chi connectivity index (χ3v) is 2.59. The zero-order chi connectivity index (χ0) is 8.97. The van der Waals surface area contributed by atoms with E-state index >= 15 is 0 Å². The van der Waals surface area contributed by atoms with Gasteiger partial charge in [0.2, 0.25) is 0 Å². The number of ether oxygens (including phenoxy) is 1. The van der Waals surface area contributed by atoms with Crippen LogP contribution in [-0.4, -0.2) is 13.2 Å². The summed E-state index contributed by atoms with van der Waals surface area (Å²) in [6.07, 6.45) is 0. The Balaban J connectivity index is 0.00000144. The summed E-state index contributed by atoms with van der Waals surface area (Å²) in [5, 5.41) is 0. The van der Waals surface area contributed by atoms with Gasteiger partial charge >= 0.3 is 0 Å². The van der Waals surface area contributed by atoms with Gasteiger partial charge in [0.25, 0.3) is 0 Å². The van der Waals surface area contributed by atoms with Crippen LogP contribution in [0.5, 0.6) is 5.75 Å². The molecule has 13 heavy (non-hydrogen) atoms. The van der Waals surface area contributed by atoms with Crippen molar-refractivity contribution in [2.75, 3.05) is 13.2 Å². The molecule has 0 aliphatic rings. The number of hydrogen-bond acceptors (Lipinski definition) is 2.